The van der Waals surface area contributed by atoms with Crippen LogP contribution < -0.4 is 5.32 Å². The number of thiophene rings is 1. The number of furan rings is 1. The first-order chi connectivity index (χ1) is 13.1. The Balaban J connectivity index is 1.73. The molecule has 0 aliphatic carbocycles. The highest BCUT2D eigenvalue weighted by molar-refractivity contribution is 7.18. The molecule has 138 valence electrons. The maximum atomic E-state index is 13.9. The number of rotatable bonds is 7. The lowest BCUT2D eigenvalue weighted by Gasteiger charge is -2.20. The predicted molar refractivity (Wildman–Crippen MR) is 102 cm³/mol. The van der Waals surface area contributed by atoms with Crippen LogP contribution in [0.5, 0.6) is 0 Å². The molecular weight excluding hydrogens is 367 g/mol. The molecule has 0 radical (unpaired) electrons. The maximum Gasteiger partial charge on any atom is 0.291 e. The van der Waals surface area contributed by atoms with Crippen molar-refractivity contribution in [2.75, 3.05) is 11.9 Å². The van der Waals surface area contributed by atoms with Crippen molar-refractivity contribution >= 4 is 28.2 Å². The predicted octanol–water partition coefficient (Wildman–Crippen LogP) is 4.56. The Morgan fingerprint density at radius 2 is 2.00 bits per heavy atom. The lowest BCUT2D eigenvalue weighted by atomic mass is 10.2. The van der Waals surface area contributed by atoms with Crippen molar-refractivity contribution in [1.82, 2.24) is 4.90 Å². The number of carbonyl (C=O) groups is 2. The fraction of sp³-hybridized carbons (Fsp3) is 0.100. The molecule has 0 atom stereocenters. The molecule has 5 nitrogen and oxygen atoms in total. The minimum Gasteiger partial charge on any atom is -0.459 e. The number of hydrogen-bond donors (Lipinski definition) is 1. The van der Waals surface area contributed by atoms with E-state index in [1.807, 2.05) is 0 Å². The minimum absolute atomic E-state index is 0.128. The van der Waals surface area contributed by atoms with E-state index in [0.717, 1.165) is 11.3 Å². The second-order valence-corrected chi connectivity index (χ2v) is 6.74. The summed E-state index contributed by atoms with van der Waals surface area (Å²) < 4.78 is 19.0. The lowest BCUT2D eigenvalue weighted by Crippen LogP contribution is -2.30. The van der Waals surface area contributed by atoms with Gasteiger partial charge in [0, 0.05) is 18.7 Å². The highest BCUT2D eigenvalue weighted by atomic mass is 32.1. The number of anilines is 1. The average Bonchev–Trinajstić information content (AvgIpc) is 3.34. The summed E-state index contributed by atoms with van der Waals surface area (Å²) in [7, 11) is 0. The molecule has 0 spiro atoms. The van der Waals surface area contributed by atoms with E-state index in [4.69, 9.17) is 4.42 Å². The molecule has 1 N–H and O–H groups in total. The molecule has 7 heteroatoms. The molecule has 3 rings (SSSR count). The van der Waals surface area contributed by atoms with Gasteiger partial charge in [-0.25, -0.2) is 4.39 Å². The average molecular weight is 384 g/mol. The van der Waals surface area contributed by atoms with Gasteiger partial charge in [0.15, 0.2) is 5.76 Å². The summed E-state index contributed by atoms with van der Waals surface area (Å²) in [6.45, 7) is 4.07. The molecule has 0 aliphatic heterocycles. The number of nitrogens with zero attached hydrogens (tertiary/aromatic N) is 1. The van der Waals surface area contributed by atoms with Gasteiger partial charge in [0.25, 0.3) is 11.8 Å². The highest BCUT2D eigenvalue weighted by Crippen LogP contribution is 2.25. The molecule has 27 heavy (non-hydrogen) atoms. The summed E-state index contributed by atoms with van der Waals surface area (Å²) in [5.41, 5.74) is 0.426. The fourth-order valence-electron chi connectivity index (χ4n) is 2.46. The van der Waals surface area contributed by atoms with Crippen molar-refractivity contribution in [2.24, 2.45) is 0 Å². The monoisotopic (exact) mass is 384 g/mol. The van der Waals surface area contributed by atoms with Crippen LogP contribution in [0.25, 0.3) is 0 Å². The summed E-state index contributed by atoms with van der Waals surface area (Å²) in [6.07, 6.45) is 3.00. The van der Waals surface area contributed by atoms with Crippen molar-refractivity contribution in [3.05, 3.63) is 89.5 Å². The van der Waals surface area contributed by atoms with Gasteiger partial charge in [-0.2, -0.15) is 0 Å². The van der Waals surface area contributed by atoms with E-state index < -0.39 is 5.91 Å². The molecule has 3 aromatic rings. The fourth-order valence-corrected chi connectivity index (χ4v) is 3.33. The summed E-state index contributed by atoms with van der Waals surface area (Å²) in [6, 6.07) is 12.8. The third-order valence-electron chi connectivity index (χ3n) is 3.75. The SMILES string of the molecule is C=CCN(Cc1ccccc1F)C(=O)c1ccc(NC(=O)c2ccco2)s1. The smallest absolute Gasteiger partial charge is 0.291 e. The first-order valence-electron chi connectivity index (χ1n) is 8.16. The Kier molecular flexibility index (Phi) is 5.83. The van der Waals surface area contributed by atoms with Crippen LogP contribution in [-0.2, 0) is 6.54 Å². The highest BCUT2D eigenvalue weighted by Gasteiger charge is 2.19. The molecule has 0 aliphatic rings. The second kappa shape index (κ2) is 8.46. The van der Waals surface area contributed by atoms with Gasteiger partial charge in [-0.1, -0.05) is 24.3 Å². The van der Waals surface area contributed by atoms with Gasteiger partial charge in [0.2, 0.25) is 0 Å². The summed E-state index contributed by atoms with van der Waals surface area (Å²) >= 11 is 1.14. The maximum absolute atomic E-state index is 13.9. The van der Waals surface area contributed by atoms with E-state index in [2.05, 4.69) is 11.9 Å². The number of amides is 2. The van der Waals surface area contributed by atoms with Crippen molar-refractivity contribution in [1.29, 1.82) is 0 Å². The van der Waals surface area contributed by atoms with Crippen molar-refractivity contribution in [3.8, 4) is 0 Å². The molecule has 0 bridgehead atoms. The van der Waals surface area contributed by atoms with E-state index in [1.165, 1.54) is 17.2 Å². The van der Waals surface area contributed by atoms with Gasteiger partial charge in [0.05, 0.1) is 16.1 Å². The Bertz CT molecular complexity index is 950. The van der Waals surface area contributed by atoms with Crippen LogP contribution in [0, 0.1) is 5.82 Å². The first kappa shape index (κ1) is 18.6. The Hall–Kier alpha value is -3.19. The van der Waals surface area contributed by atoms with E-state index in [0.29, 0.717) is 15.4 Å². The Morgan fingerprint density at radius 3 is 2.70 bits per heavy atom. The van der Waals surface area contributed by atoms with Crippen molar-refractivity contribution in [2.45, 2.75) is 6.54 Å². The van der Waals surface area contributed by atoms with E-state index in [1.54, 1.807) is 48.5 Å². The summed E-state index contributed by atoms with van der Waals surface area (Å²) in [5.74, 6) is -0.835. The van der Waals surface area contributed by atoms with E-state index in [-0.39, 0.29) is 30.6 Å². The molecular formula is C20H17FN2O3S. The van der Waals surface area contributed by atoms with Gasteiger partial charge >= 0.3 is 0 Å². The zero-order chi connectivity index (χ0) is 19.2. The van der Waals surface area contributed by atoms with Crippen LogP contribution in [0.4, 0.5) is 9.39 Å². The van der Waals surface area contributed by atoms with Crippen LogP contribution in [0.3, 0.4) is 0 Å². The van der Waals surface area contributed by atoms with Gasteiger partial charge in [0.1, 0.15) is 5.82 Å². The number of nitrogens with one attached hydrogen (secondary N) is 1. The van der Waals surface area contributed by atoms with Crippen LogP contribution >= 0.6 is 11.3 Å². The summed E-state index contributed by atoms with van der Waals surface area (Å²) in [4.78, 5) is 26.8. The molecule has 0 saturated heterocycles. The topological polar surface area (TPSA) is 62.6 Å². The second-order valence-electron chi connectivity index (χ2n) is 5.66. The van der Waals surface area contributed by atoms with Crippen LogP contribution in [-0.4, -0.2) is 23.3 Å². The number of benzene rings is 1. The first-order valence-corrected chi connectivity index (χ1v) is 8.98. The number of carbonyl (C=O) groups excluding carboxylic acids is 2. The molecule has 0 saturated carbocycles. The molecule has 2 amide bonds. The normalized spacial score (nSPS) is 10.4. The Labute approximate surface area is 159 Å². The summed E-state index contributed by atoms with van der Waals surface area (Å²) in [5, 5.41) is 3.20. The minimum atomic E-state index is -0.393. The zero-order valence-electron chi connectivity index (χ0n) is 14.4. The quantitative estimate of drug-likeness (QED) is 0.608. The van der Waals surface area contributed by atoms with Crippen LogP contribution in [0.15, 0.2) is 71.9 Å². The molecule has 0 fully saturated rings. The largest absolute Gasteiger partial charge is 0.459 e. The van der Waals surface area contributed by atoms with Crippen molar-refractivity contribution < 1.29 is 18.4 Å². The van der Waals surface area contributed by atoms with Gasteiger partial charge in [-0.3, -0.25) is 9.59 Å². The van der Waals surface area contributed by atoms with E-state index >= 15 is 0 Å². The van der Waals surface area contributed by atoms with Gasteiger partial charge < -0.3 is 14.6 Å². The third-order valence-corrected chi connectivity index (χ3v) is 4.74. The number of hydrogen-bond acceptors (Lipinski definition) is 4. The number of halogens is 1. The lowest BCUT2D eigenvalue weighted by molar-refractivity contribution is 0.0766. The molecule has 0 unspecified atom stereocenters. The van der Waals surface area contributed by atoms with Gasteiger partial charge in [-0.15, -0.1) is 17.9 Å². The standard InChI is InChI=1S/C20H17FN2O3S/c1-2-11-23(13-14-6-3-4-7-15(14)21)20(25)17-9-10-18(27-17)22-19(24)16-8-5-12-26-16/h2-10,12H,1,11,13H2,(H,22,24). The Morgan fingerprint density at radius 1 is 1.19 bits per heavy atom. The third kappa shape index (κ3) is 4.51. The van der Waals surface area contributed by atoms with Gasteiger partial charge in [-0.05, 0) is 30.3 Å². The van der Waals surface area contributed by atoms with E-state index in [9.17, 15) is 14.0 Å². The molecule has 2 heterocycles. The van der Waals surface area contributed by atoms with Crippen LogP contribution in [0.2, 0.25) is 0 Å². The zero-order valence-corrected chi connectivity index (χ0v) is 15.2. The molecule has 1 aromatic carbocycles. The molecule has 2 aromatic heterocycles. The van der Waals surface area contributed by atoms with Crippen molar-refractivity contribution in [3.63, 3.8) is 0 Å². The van der Waals surface area contributed by atoms with Crippen LogP contribution in [0.1, 0.15) is 25.8 Å².